The largest absolute Gasteiger partial charge is 0.478 e. The zero-order valence-electron chi connectivity index (χ0n) is 11.2. The Hall–Kier alpha value is -1.78. The minimum Gasteiger partial charge on any atom is -0.478 e. The summed E-state index contributed by atoms with van der Waals surface area (Å²) in [6, 6.07) is 1.55. The molecule has 0 unspecified atom stereocenters. The van der Waals surface area contributed by atoms with Gasteiger partial charge in [0.05, 0.1) is 30.7 Å². The average Bonchev–Trinajstić information content (AvgIpc) is 2.34. The van der Waals surface area contributed by atoms with Crippen molar-refractivity contribution in [1.29, 1.82) is 0 Å². The first kappa shape index (κ1) is 13.6. The minimum atomic E-state index is -0.439. The molecule has 5 nitrogen and oxygen atoms in total. The van der Waals surface area contributed by atoms with E-state index in [2.05, 4.69) is 4.98 Å². The van der Waals surface area contributed by atoms with Gasteiger partial charge in [0.25, 0.3) is 0 Å². The van der Waals surface area contributed by atoms with Crippen LogP contribution in [0.15, 0.2) is 12.3 Å². The first-order chi connectivity index (χ1) is 9.20. The maximum Gasteiger partial charge on any atom is 0.340 e. The maximum atomic E-state index is 11.7. The lowest BCUT2D eigenvalue weighted by molar-refractivity contribution is 0.0527. The molecule has 0 saturated heterocycles. The van der Waals surface area contributed by atoms with Crippen LogP contribution in [0.1, 0.15) is 43.0 Å². The summed E-state index contributed by atoms with van der Waals surface area (Å²) in [5.74, 6) is 0.779. The van der Waals surface area contributed by atoms with Crippen LogP contribution in [-0.4, -0.2) is 24.2 Å². The Balaban J connectivity index is 1.92. The zero-order valence-corrected chi connectivity index (χ0v) is 11.2. The quantitative estimate of drug-likeness (QED) is 0.799. The van der Waals surface area contributed by atoms with Crippen molar-refractivity contribution in [2.75, 3.05) is 18.9 Å². The second kappa shape index (κ2) is 6.41. The molecule has 0 spiro atoms. The standard InChI is InChI=1S/C14H20N2O3/c1-2-18-14(17)11-8-13(16-9-12(11)15)19-7-6-10-4-3-5-10/h8-10H,2-7,15H2,1H3. The number of nitrogens with two attached hydrogens (primary N) is 1. The first-order valence-electron chi connectivity index (χ1n) is 6.76. The zero-order chi connectivity index (χ0) is 13.7. The molecule has 1 heterocycles. The molecule has 1 saturated carbocycles. The van der Waals surface area contributed by atoms with Gasteiger partial charge in [-0.1, -0.05) is 19.3 Å². The predicted molar refractivity (Wildman–Crippen MR) is 72.1 cm³/mol. The second-order valence-corrected chi connectivity index (χ2v) is 4.76. The van der Waals surface area contributed by atoms with E-state index in [0.717, 1.165) is 12.3 Å². The lowest BCUT2D eigenvalue weighted by Gasteiger charge is -2.24. The van der Waals surface area contributed by atoms with Gasteiger partial charge >= 0.3 is 5.97 Å². The van der Waals surface area contributed by atoms with Crippen molar-refractivity contribution in [3.63, 3.8) is 0 Å². The Labute approximate surface area is 113 Å². The fraction of sp³-hybridized carbons (Fsp3) is 0.571. The van der Waals surface area contributed by atoms with Gasteiger partial charge in [0, 0.05) is 6.07 Å². The molecule has 0 amide bonds. The number of nitrogen functional groups attached to an aromatic ring is 1. The van der Waals surface area contributed by atoms with E-state index in [4.69, 9.17) is 15.2 Å². The number of carbonyl (C=O) groups excluding carboxylic acids is 1. The topological polar surface area (TPSA) is 74.4 Å². The van der Waals surface area contributed by atoms with Gasteiger partial charge in [0.2, 0.25) is 5.88 Å². The Morgan fingerprint density at radius 2 is 2.32 bits per heavy atom. The molecule has 1 fully saturated rings. The van der Waals surface area contributed by atoms with Crippen LogP contribution >= 0.6 is 0 Å². The molecule has 1 aliphatic carbocycles. The number of hydrogen-bond donors (Lipinski definition) is 1. The highest BCUT2D eigenvalue weighted by molar-refractivity contribution is 5.95. The van der Waals surface area contributed by atoms with Crippen LogP contribution in [0.3, 0.4) is 0 Å². The predicted octanol–water partition coefficient (Wildman–Crippen LogP) is 2.41. The fourth-order valence-corrected chi connectivity index (χ4v) is 2.02. The van der Waals surface area contributed by atoms with E-state index >= 15 is 0 Å². The van der Waals surface area contributed by atoms with Gasteiger partial charge in [-0.2, -0.15) is 0 Å². The summed E-state index contributed by atoms with van der Waals surface area (Å²) < 4.78 is 10.5. The normalized spacial score (nSPS) is 14.8. The molecule has 104 valence electrons. The summed E-state index contributed by atoms with van der Waals surface area (Å²) in [7, 11) is 0. The van der Waals surface area contributed by atoms with Crippen molar-refractivity contribution in [2.24, 2.45) is 5.92 Å². The minimum absolute atomic E-state index is 0.310. The van der Waals surface area contributed by atoms with Crippen LogP contribution in [0.4, 0.5) is 5.69 Å². The lowest BCUT2D eigenvalue weighted by atomic mass is 9.83. The lowest BCUT2D eigenvalue weighted by Crippen LogP contribution is -2.15. The van der Waals surface area contributed by atoms with Crippen LogP contribution < -0.4 is 10.5 Å². The molecule has 1 aliphatic rings. The van der Waals surface area contributed by atoms with E-state index in [1.54, 1.807) is 13.0 Å². The Kier molecular flexibility index (Phi) is 4.60. The number of rotatable bonds is 6. The van der Waals surface area contributed by atoms with Crippen molar-refractivity contribution in [3.05, 3.63) is 17.8 Å². The van der Waals surface area contributed by atoms with Crippen LogP contribution in [0.25, 0.3) is 0 Å². The highest BCUT2D eigenvalue weighted by Crippen LogP contribution is 2.29. The van der Waals surface area contributed by atoms with Gasteiger partial charge in [0.15, 0.2) is 0 Å². The van der Waals surface area contributed by atoms with Gasteiger partial charge < -0.3 is 15.2 Å². The summed E-state index contributed by atoms with van der Waals surface area (Å²) in [5.41, 5.74) is 6.33. The smallest absolute Gasteiger partial charge is 0.340 e. The van der Waals surface area contributed by atoms with Gasteiger partial charge in [-0.15, -0.1) is 0 Å². The van der Waals surface area contributed by atoms with Crippen LogP contribution in [-0.2, 0) is 4.74 Å². The van der Waals surface area contributed by atoms with E-state index in [9.17, 15) is 4.79 Å². The number of esters is 1. The number of nitrogens with zero attached hydrogens (tertiary/aromatic N) is 1. The molecule has 19 heavy (non-hydrogen) atoms. The van der Waals surface area contributed by atoms with E-state index in [0.29, 0.717) is 30.3 Å². The number of pyridine rings is 1. The fourth-order valence-electron chi connectivity index (χ4n) is 2.02. The number of ether oxygens (including phenoxy) is 2. The second-order valence-electron chi connectivity index (χ2n) is 4.76. The van der Waals surface area contributed by atoms with Gasteiger partial charge in [0.1, 0.15) is 0 Å². The summed E-state index contributed by atoms with van der Waals surface area (Å²) in [6.45, 7) is 2.70. The molecule has 1 aromatic rings. The van der Waals surface area contributed by atoms with Crippen LogP contribution in [0.2, 0.25) is 0 Å². The van der Waals surface area contributed by atoms with Crippen molar-refractivity contribution >= 4 is 11.7 Å². The Morgan fingerprint density at radius 1 is 1.53 bits per heavy atom. The molecule has 2 N–H and O–H groups in total. The van der Waals surface area contributed by atoms with E-state index in [1.807, 2.05) is 0 Å². The molecule has 0 radical (unpaired) electrons. The summed E-state index contributed by atoms with van der Waals surface area (Å²) in [5, 5.41) is 0. The van der Waals surface area contributed by atoms with Gasteiger partial charge in [-0.05, 0) is 19.3 Å². The Bertz CT molecular complexity index is 444. The van der Waals surface area contributed by atoms with E-state index in [1.165, 1.54) is 25.5 Å². The summed E-state index contributed by atoms with van der Waals surface area (Å²) in [4.78, 5) is 15.7. The highest BCUT2D eigenvalue weighted by Gasteiger charge is 2.17. The molecule has 1 aromatic heterocycles. The molecule has 0 atom stereocenters. The van der Waals surface area contributed by atoms with Crippen molar-refractivity contribution in [1.82, 2.24) is 4.98 Å². The third-order valence-corrected chi connectivity index (χ3v) is 3.41. The summed E-state index contributed by atoms with van der Waals surface area (Å²) >= 11 is 0. The molecule has 0 aromatic carbocycles. The molecule has 0 bridgehead atoms. The molecular formula is C14H20N2O3. The van der Waals surface area contributed by atoms with E-state index < -0.39 is 5.97 Å². The van der Waals surface area contributed by atoms with E-state index in [-0.39, 0.29) is 0 Å². The van der Waals surface area contributed by atoms with Crippen molar-refractivity contribution in [2.45, 2.75) is 32.6 Å². The van der Waals surface area contributed by atoms with Crippen molar-refractivity contribution in [3.8, 4) is 5.88 Å². The molecule has 2 rings (SSSR count). The Morgan fingerprint density at radius 3 is 2.95 bits per heavy atom. The van der Waals surface area contributed by atoms with Crippen LogP contribution in [0, 0.1) is 5.92 Å². The third-order valence-electron chi connectivity index (χ3n) is 3.41. The van der Waals surface area contributed by atoms with Crippen molar-refractivity contribution < 1.29 is 14.3 Å². The molecule has 5 heteroatoms. The SMILES string of the molecule is CCOC(=O)c1cc(OCCC2CCC2)ncc1N. The summed E-state index contributed by atoms with van der Waals surface area (Å²) in [6.07, 6.45) is 6.41. The monoisotopic (exact) mass is 264 g/mol. The van der Waals surface area contributed by atoms with Gasteiger partial charge in [-0.3, -0.25) is 0 Å². The number of anilines is 1. The van der Waals surface area contributed by atoms with Crippen LogP contribution in [0.5, 0.6) is 5.88 Å². The average molecular weight is 264 g/mol. The number of hydrogen-bond acceptors (Lipinski definition) is 5. The third kappa shape index (κ3) is 3.59. The van der Waals surface area contributed by atoms with Gasteiger partial charge in [-0.25, -0.2) is 9.78 Å². The highest BCUT2D eigenvalue weighted by atomic mass is 16.5. The first-order valence-corrected chi connectivity index (χ1v) is 6.76. The molecule has 0 aliphatic heterocycles. The number of carbonyl (C=O) groups is 1. The molecular weight excluding hydrogens is 244 g/mol. The number of aromatic nitrogens is 1. The maximum absolute atomic E-state index is 11.7.